The first kappa shape index (κ1) is 19.2. The summed E-state index contributed by atoms with van der Waals surface area (Å²) in [6.07, 6.45) is 3.59. The average molecular weight is 429 g/mol. The van der Waals surface area contributed by atoms with Crippen molar-refractivity contribution in [3.05, 3.63) is 69.6 Å². The fraction of sp³-hybridized carbons (Fsp3) is 0.190. The zero-order valence-corrected chi connectivity index (χ0v) is 17.3. The van der Waals surface area contributed by atoms with Crippen LogP contribution in [0.1, 0.15) is 17.5 Å². The summed E-state index contributed by atoms with van der Waals surface area (Å²) < 4.78 is 0.391. The number of benzene rings is 2. The second kappa shape index (κ2) is 8.07. The van der Waals surface area contributed by atoms with Crippen molar-refractivity contribution in [2.75, 3.05) is 18.0 Å². The van der Waals surface area contributed by atoms with Crippen LogP contribution >= 0.6 is 35.6 Å². The number of aryl methyl sites for hydroxylation is 1. The first-order valence-corrected chi connectivity index (χ1v) is 10.5. The zero-order valence-electron chi connectivity index (χ0n) is 14.9. The molecule has 0 saturated carbocycles. The SMILES string of the molecule is O=C1C(=Cc2ccccc2Cl)SC(=S)N1CC(=O)N1CCCc2ccccc21. The first-order chi connectivity index (χ1) is 13.5. The molecular formula is C21H17ClN2O2S2. The molecule has 0 radical (unpaired) electrons. The molecule has 0 spiro atoms. The molecule has 0 aromatic heterocycles. The molecule has 0 N–H and O–H groups in total. The summed E-state index contributed by atoms with van der Waals surface area (Å²) >= 11 is 12.7. The van der Waals surface area contributed by atoms with E-state index < -0.39 is 0 Å². The molecule has 28 heavy (non-hydrogen) atoms. The lowest BCUT2D eigenvalue weighted by atomic mass is 10.0. The summed E-state index contributed by atoms with van der Waals surface area (Å²) in [6, 6.07) is 15.2. The largest absolute Gasteiger partial charge is 0.311 e. The molecule has 142 valence electrons. The predicted octanol–water partition coefficient (Wildman–Crippen LogP) is 4.52. The number of halogens is 1. The Labute approximate surface area is 178 Å². The number of hydrogen-bond donors (Lipinski definition) is 0. The lowest BCUT2D eigenvalue weighted by Crippen LogP contribution is -2.44. The third-order valence-electron chi connectivity index (χ3n) is 4.77. The first-order valence-electron chi connectivity index (χ1n) is 8.93. The van der Waals surface area contributed by atoms with Gasteiger partial charge in [-0.1, -0.05) is 72.0 Å². The number of carbonyl (C=O) groups excluding carboxylic acids is 2. The van der Waals surface area contributed by atoms with Crippen LogP contribution in [0, 0.1) is 0 Å². The van der Waals surface area contributed by atoms with Gasteiger partial charge in [-0.05, 0) is 42.2 Å². The molecule has 2 aliphatic heterocycles. The van der Waals surface area contributed by atoms with Crippen molar-refractivity contribution in [2.24, 2.45) is 0 Å². The smallest absolute Gasteiger partial charge is 0.266 e. The molecule has 2 aliphatic rings. The molecule has 2 amide bonds. The van der Waals surface area contributed by atoms with Gasteiger partial charge in [-0.15, -0.1) is 0 Å². The summed E-state index contributed by atoms with van der Waals surface area (Å²) in [5.41, 5.74) is 2.84. The number of rotatable bonds is 3. The topological polar surface area (TPSA) is 40.6 Å². The summed E-state index contributed by atoms with van der Waals surface area (Å²) in [4.78, 5) is 29.4. The molecule has 0 unspecified atom stereocenters. The van der Waals surface area contributed by atoms with E-state index in [2.05, 4.69) is 0 Å². The molecule has 1 saturated heterocycles. The highest BCUT2D eigenvalue weighted by atomic mass is 35.5. The fourth-order valence-corrected chi connectivity index (χ4v) is 4.82. The highest BCUT2D eigenvalue weighted by Crippen LogP contribution is 2.34. The number of nitrogens with zero attached hydrogens (tertiary/aromatic N) is 2. The van der Waals surface area contributed by atoms with E-state index in [1.54, 1.807) is 17.0 Å². The van der Waals surface area contributed by atoms with Gasteiger partial charge < -0.3 is 4.90 Å². The zero-order chi connectivity index (χ0) is 19.7. The number of fused-ring (bicyclic) bond motifs is 1. The normalized spacial score (nSPS) is 18.0. The maximum absolute atomic E-state index is 12.9. The number of hydrogen-bond acceptors (Lipinski definition) is 4. The van der Waals surface area contributed by atoms with Gasteiger partial charge in [0.2, 0.25) is 5.91 Å². The number of anilines is 1. The van der Waals surface area contributed by atoms with Crippen molar-refractivity contribution in [3.63, 3.8) is 0 Å². The van der Waals surface area contributed by atoms with Gasteiger partial charge >= 0.3 is 0 Å². The molecule has 4 nitrogen and oxygen atoms in total. The highest BCUT2D eigenvalue weighted by Gasteiger charge is 2.35. The van der Waals surface area contributed by atoms with Gasteiger partial charge in [-0.2, -0.15) is 0 Å². The molecule has 0 bridgehead atoms. The summed E-state index contributed by atoms with van der Waals surface area (Å²) in [5.74, 6) is -0.379. The van der Waals surface area contributed by atoms with Gasteiger partial charge in [-0.25, -0.2) is 0 Å². The Hall–Kier alpha value is -2.15. The lowest BCUT2D eigenvalue weighted by Gasteiger charge is -2.30. The Morgan fingerprint density at radius 1 is 1.18 bits per heavy atom. The van der Waals surface area contributed by atoms with Crippen LogP contribution in [0.3, 0.4) is 0 Å². The number of carbonyl (C=O) groups is 2. The van der Waals surface area contributed by atoms with E-state index in [0.717, 1.165) is 29.7 Å². The number of amides is 2. The van der Waals surface area contributed by atoms with Crippen LogP contribution in [0.4, 0.5) is 5.69 Å². The molecule has 7 heteroatoms. The Kier molecular flexibility index (Phi) is 5.53. The van der Waals surface area contributed by atoms with Gasteiger partial charge in [0, 0.05) is 17.3 Å². The Balaban J connectivity index is 1.53. The minimum absolute atomic E-state index is 0.0567. The van der Waals surface area contributed by atoms with Gasteiger partial charge in [0.25, 0.3) is 5.91 Å². The van der Waals surface area contributed by atoms with Crippen molar-refractivity contribution < 1.29 is 9.59 Å². The quantitative estimate of drug-likeness (QED) is 0.532. The Bertz CT molecular complexity index is 1010. The van der Waals surface area contributed by atoms with Crippen LogP contribution in [0.2, 0.25) is 5.02 Å². The minimum Gasteiger partial charge on any atom is -0.311 e. The van der Waals surface area contributed by atoms with Crippen molar-refractivity contribution in [3.8, 4) is 0 Å². The molecule has 1 fully saturated rings. The molecule has 0 atom stereocenters. The van der Waals surface area contributed by atoms with E-state index in [9.17, 15) is 9.59 Å². The molecule has 2 aromatic carbocycles. The Morgan fingerprint density at radius 2 is 1.93 bits per heavy atom. The highest BCUT2D eigenvalue weighted by molar-refractivity contribution is 8.26. The van der Waals surface area contributed by atoms with Crippen molar-refractivity contribution in [2.45, 2.75) is 12.8 Å². The molecule has 2 heterocycles. The minimum atomic E-state index is -0.256. The van der Waals surface area contributed by atoms with Gasteiger partial charge in [0.1, 0.15) is 10.9 Å². The van der Waals surface area contributed by atoms with Crippen LogP contribution in [0.25, 0.3) is 6.08 Å². The van der Waals surface area contributed by atoms with Gasteiger partial charge in [-0.3, -0.25) is 14.5 Å². The number of para-hydroxylation sites is 1. The summed E-state index contributed by atoms with van der Waals surface area (Å²) in [6.45, 7) is 0.596. The van der Waals surface area contributed by atoms with Gasteiger partial charge in [0.05, 0.1) is 4.91 Å². The van der Waals surface area contributed by atoms with E-state index in [4.69, 9.17) is 23.8 Å². The van der Waals surface area contributed by atoms with Crippen molar-refractivity contribution >= 4 is 63.5 Å². The van der Waals surface area contributed by atoms with Crippen LogP contribution in [-0.4, -0.2) is 34.1 Å². The second-order valence-electron chi connectivity index (χ2n) is 6.57. The molecule has 2 aromatic rings. The van der Waals surface area contributed by atoms with Crippen LogP contribution < -0.4 is 4.90 Å². The number of thioether (sulfide) groups is 1. The maximum atomic E-state index is 12.9. The van der Waals surface area contributed by atoms with Crippen LogP contribution in [0.5, 0.6) is 0 Å². The third-order valence-corrected chi connectivity index (χ3v) is 6.49. The van der Waals surface area contributed by atoms with E-state index in [0.29, 0.717) is 20.8 Å². The average Bonchev–Trinajstić information content (AvgIpc) is 2.96. The third kappa shape index (κ3) is 3.72. The van der Waals surface area contributed by atoms with Crippen molar-refractivity contribution in [1.82, 2.24) is 4.90 Å². The summed E-state index contributed by atoms with van der Waals surface area (Å²) in [7, 11) is 0. The van der Waals surface area contributed by atoms with Crippen LogP contribution in [-0.2, 0) is 16.0 Å². The van der Waals surface area contributed by atoms with E-state index in [1.807, 2.05) is 42.5 Å². The fourth-order valence-electron chi connectivity index (χ4n) is 3.38. The Morgan fingerprint density at radius 3 is 2.75 bits per heavy atom. The van der Waals surface area contributed by atoms with Gasteiger partial charge in [0.15, 0.2) is 0 Å². The number of thiocarbonyl (C=S) groups is 1. The summed E-state index contributed by atoms with van der Waals surface area (Å²) in [5, 5.41) is 0.564. The molecular weight excluding hydrogens is 412 g/mol. The van der Waals surface area contributed by atoms with E-state index in [1.165, 1.54) is 16.7 Å². The van der Waals surface area contributed by atoms with Crippen molar-refractivity contribution in [1.29, 1.82) is 0 Å². The lowest BCUT2D eigenvalue weighted by molar-refractivity contribution is -0.127. The molecule has 0 aliphatic carbocycles. The van der Waals surface area contributed by atoms with E-state index >= 15 is 0 Å². The standard InChI is InChI=1S/C21H17ClN2O2S2/c22-16-9-3-1-7-15(16)12-18-20(26)24(21(27)28-18)13-19(25)23-11-5-8-14-6-2-4-10-17(14)23/h1-4,6-7,9-10,12H,5,8,11,13H2. The van der Waals surface area contributed by atoms with E-state index in [-0.39, 0.29) is 18.4 Å². The predicted molar refractivity (Wildman–Crippen MR) is 118 cm³/mol. The second-order valence-corrected chi connectivity index (χ2v) is 8.65. The maximum Gasteiger partial charge on any atom is 0.266 e. The molecule has 4 rings (SSSR count). The monoisotopic (exact) mass is 428 g/mol. The van der Waals surface area contributed by atoms with Crippen LogP contribution in [0.15, 0.2) is 53.4 Å².